The third-order valence-electron chi connectivity index (χ3n) is 6.51. The molecule has 0 spiro atoms. The van der Waals surface area contributed by atoms with Crippen molar-refractivity contribution >= 4 is 23.5 Å². The smallest absolute Gasteiger partial charge is 0.0945 e. The molecule has 4 heteroatoms. The van der Waals surface area contributed by atoms with Crippen LogP contribution in [0.15, 0.2) is 18.7 Å². The van der Waals surface area contributed by atoms with Crippen LogP contribution < -0.4 is 0 Å². The molecule has 1 aliphatic heterocycles. The van der Waals surface area contributed by atoms with Crippen LogP contribution in [0.1, 0.15) is 123 Å². The lowest BCUT2D eigenvalue weighted by atomic mass is 10.0. The van der Waals surface area contributed by atoms with Crippen molar-refractivity contribution in [2.45, 2.75) is 139 Å². The lowest BCUT2D eigenvalue weighted by molar-refractivity contribution is 0.511. The first-order valence-electron chi connectivity index (χ1n) is 13.1. The number of unbranched alkanes of at least 4 members (excludes halogenated alkanes) is 10. The van der Waals surface area contributed by atoms with Gasteiger partial charge in [-0.15, -0.1) is 23.5 Å². The minimum Gasteiger partial charge on any atom is -0.337 e. The van der Waals surface area contributed by atoms with Crippen molar-refractivity contribution in [3.05, 3.63) is 18.7 Å². The van der Waals surface area contributed by atoms with Crippen LogP contribution in [0.3, 0.4) is 0 Å². The molecule has 1 fully saturated rings. The first-order chi connectivity index (χ1) is 14.8. The first kappa shape index (κ1) is 26.2. The second-order valence-electron chi connectivity index (χ2n) is 9.27. The standard InChI is InChI=1S/C26H48N2S2/c1-3-5-7-8-9-10-11-12-13-14-18-26(19-15-21-28-22-20-27-24-28)29-23-17-25(30-26)16-6-4-2/h20,22,24-25H,3-19,21,23H2,1-2H3. The van der Waals surface area contributed by atoms with E-state index in [9.17, 15) is 0 Å². The predicted octanol–water partition coefficient (Wildman–Crippen LogP) is 9.10. The number of hydrogen-bond acceptors (Lipinski definition) is 3. The molecule has 0 amide bonds. The van der Waals surface area contributed by atoms with Gasteiger partial charge >= 0.3 is 0 Å². The Morgan fingerprint density at radius 2 is 1.53 bits per heavy atom. The number of imidazole rings is 1. The summed E-state index contributed by atoms with van der Waals surface area (Å²) in [7, 11) is 0. The van der Waals surface area contributed by atoms with Crippen LogP contribution in [0, 0.1) is 0 Å². The van der Waals surface area contributed by atoms with Crippen LogP contribution in [0.2, 0.25) is 0 Å². The Bertz CT molecular complexity index is 505. The Morgan fingerprint density at radius 1 is 0.867 bits per heavy atom. The molecule has 174 valence electrons. The summed E-state index contributed by atoms with van der Waals surface area (Å²) >= 11 is 4.68. The fourth-order valence-electron chi connectivity index (χ4n) is 4.63. The predicted molar refractivity (Wildman–Crippen MR) is 139 cm³/mol. The molecule has 2 heterocycles. The molecule has 0 N–H and O–H groups in total. The zero-order valence-corrected chi connectivity index (χ0v) is 21.6. The molecule has 2 nitrogen and oxygen atoms in total. The van der Waals surface area contributed by atoms with Gasteiger partial charge in [0, 0.05) is 24.2 Å². The third kappa shape index (κ3) is 11.0. The Kier molecular flexibility index (Phi) is 14.4. The van der Waals surface area contributed by atoms with Crippen molar-refractivity contribution in [1.29, 1.82) is 0 Å². The SMILES string of the molecule is CCCCCCCCCCCCC1(CCCn2ccnc2)SCCC(CCCC)S1. The van der Waals surface area contributed by atoms with Gasteiger partial charge in [-0.2, -0.15) is 0 Å². The summed E-state index contributed by atoms with van der Waals surface area (Å²) in [4.78, 5) is 4.21. The van der Waals surface area contributed by atoms with Gasteiger partial charge < -0.3 is 4.57 Å². The van der Waals surface area contributed by atoms with Gasteiger partial charge in [0.15, 0.2) is 0 Å². The summed E-state index contributed by atoms with van der Waals surface area (Å²) in [5.41, 5.74) is 0. The summed E-state index contributed by atoms with van der Waals surface area (Å²) in [6, 6.07) is 0. The molecule has 2 atom stereocenters. The van der Waals surface area contributed by atoms with Crippen LogP contribution in [-0.2, 0) is 6.54 Å². The molecular formula is C26H48N2S2. The van der Waals surface area contributed by atoms with Crippen molar-refractivity contribution < 1.29 is 0 Å². The third-order valence-corrected chi connectivity index (χ3v) is 10.2. The fourth-order valence-corrected chi connectivity index (χ4v) is 8.71. The lowest BCUT2D eigenvalue weighted by Gasteiger charge is -2.40. The topological polar surface area (TPSA) is 17.8 Å². The molecule has 30 heavy (non-hydrogen) atoms. The van der Waals surface area contributed by atoms with Crippen LogP contribution in [0.25, 0.3) is 0 Å². The van der Waals surface area contributed by atoms with Crippen LogP contribution in [0.4, 0.5) is 0 Å². The average Bonchev–Trinajstić information content (AvgIpc) is 3.27. The van der Waals surface area contributed by atoms with Crippen molar-refractivity contribution in [3.8, 4) is 0 Å². The van der Waals surface area contributed by atoms with E-state index in [-0.39, 0.29) is 0 Å². The van der Waals surface area contributed by atoms with Gasteiger partial charge in [0.05, 0.1) is 10.4 Å². The maximum absolute atomic E-state index is 4.21. The molecule has 0 aliphatic carbocycles. The van der Waals surface area contributed by atoms with E-state index in [2.05, 4.69) is 53.1 Å². The van der Waals surface area contributed by atoms with Crippen molar-refractivity contribution in [1.82, 2.24) is 9.55 Å². The Labute approximate surface area is 196 Å². The summed E-state index contributed by atoms with van der Waals surface area (Å²) in [5, 5.41) is 0.905. The van der Waals surface area contributed by atoms with Gasteiger partial charge in [0.1, 0.15) is 0 Å². The molecule has 0 saturated carbocycles. The molecule has 0 radical (unpaired) electrons. The van der Waals surface area contributed by atoms with Crippen LogP contribution >= 0.6 is 23.5 Å². The summed E-state index contributed by atoms with van der Waals surface area (Å²) in [6.45, 7) is 5.77. The van der Waals surface area contributed by atoms with E-state index >= 15 is 0 Å². The number of aryl methyl sites for hydroxylation is 1. The molecule has 1 saturated heterocycles. The fraction of sp³-hybridized carbons (Fsp3) is 0.885. The van der Waals surface area contributed by atoms with Gasteiger partial charge in [0.25, 0.3) is 0 Å². The second-order valence-corrected chi connectivity index (χ2v) is 12.7. The van der Waals surface area contributed by atoms with Crippen molar-refractivity contribution in [2.24, 2.45) is 0 Å². The largest absolute Gasteiger partial charge is 0.337 e. The van der Waals surface area contributed by atoms with E-state index in [0.29, 0.717) is 4.08 Å². The van der Waals surface area contributed by atoms with E-state index in [4.69, 9.17) is 0 Å². The highest BCUT2D eigenvalue weighted by Gasteiger charge is 2.36. The molecule has 0 bridgehead atoms. The number of aromatic nitrogens is 2. The second kappa shape index (κ2) is 16.5. The summed E-state index contributed by atoms with van der Waals surface area (Å²) < 4.78 is 2.73. The summed E-state index contributed by atoms with van der Waals surface area (Å²) in [5.74, 6) is 1.38. The highest BCUT2D eigenvalue weighted by Crippen LogP contribution is 2.52. The molecule has 1 aliphatic rings. The van der Waals surface area contributed by atoms with Gasteiger partial charge in [-0.25, -0.2) is 4.98 Å². The highest BCUT2D eigenvalue weighted by atomic mass is 32.2. The zero-order valence-electron chi connectivity index (χ0n) is 20.0. The van der Waals surface area contributed by atoms with Crippen LogP contribution in [-0.4, -0.2) is 24.6 Å². The number of rotatable bonds is 18. The molecule has 2 rings (SSSR count). The first-order valence-corrected chi connectivity index (χ1v) is 14.9. The maximum Gasteiger partial charge on any atom is 0.0945 e. The van der Waals surface area contributed by atoms with Gasteiger partial charge in [-0.3, -0.25) is 0 Å². The average molecular weight is 453 g/mol. The molecule has 2 unspecified atom stereocenters. The van der Waals surface area contributed by atoms with E-state index in [0.717, 1.165) is 11.8 Å². The lowest BCUT2D eigenvalue weighted by Crippen LogP contribution is -2.30. The van der Waals surface area contributed by atoms with Crippen LogP contribution in [0.5, 0.6) is 0 Å². The van der Waals surface area contributed by atoms with E-state index in [1.807, 2.05) is 12.5 Å². The zero-order chi connectivity index (χ0) is 21.3. The van der Waals surface area contributed by atoms with E-state index < -0.39 is 0 Å². The molecular weight excluding hydrogens is 404 g/mol. The number of nitrogens with zero attached hydrogens (tertiary/aromatic N) is 2. The quantitative estimate of drug-likeness (QED) is 0.207. The van der Waals surface area contributed by atoms with Gasteiger partial charge in [-0.05, 0) is 37.9 Å². The molecule has 1 aromatic rings. The molecule has 0 aromatic carbocycles. The number of hydrogen-bond donors (Lipinski definition) is 0. The monoisotopic (exact) mass is 452 g/mol. The van der Waals surface area contributed by atoms with E-state index in [1.165, 1.54) is 115 Å². The Morgan fingerprint density at radius 3 is 2.20 bits per heavy atom. The Hall–Kier alpha value is -0.0900. The van der Waals surface area contributed by atoms with Gasteiger partial charge in [0.2, 0.25) is 0 Å². The summed E-state index contributed by atoms with van der Waals surface area (Å²) in [6.07, 6.45) is 30.1. The highest BCUT2D eigenvalue weighted by molar-refractivity contribution is 8.19. The maximum atomic E-state index is 4.21. The minimum absolute atomic E-state index is 0.484. The normalized spacial score (nSPS) is 21.9. The number of thioether (sulfide) groups is 2. The van der Waals surface area contributed by atoms with Crippen molar-refractivity contribution in [3.63, 3.8) is 0 Å². The molecule has 1 aromatic heterocycles. The van der Waals surface area contributed by atoms with Crippen molar-refractivity contribution in [2.75, 3.05) is 5.75 Å². The Balaban J connectivity index is 1.69. The van der Waals surface area contributed by atoms with E-state index in [1.54, 1.807) is 0 Å². The minimum atomic E-state index is 0.484. The van der Waals surface area contributed by atoms with Gasteiger partial charge in [-0.1, -0.05) is 90.9 Å².